The molecule has 0 atom stereocenters. The lowest BCUT2D eigenvalue weighted by Crippen LogP contribution is -2.07. The molecule has 4 heteroatoms. The van der Waals surface area contributed by atoms with Gasteiger partial charge in [0.2, 0.25) is 0 Å². The van der Waals surface area contributed by atoms with E-state index in [9.17, 15) is 0 Å². The summed E-state index contributed by atoms with van der Waals surface area (Å²) in [6.45, 7) is 0. The number of hydrogen-bond acceptors (Lipinski definition) is 4. The van der Waals surface area contributed by atoms with Gasteiger partial charge in [0.1, 0.15) is 5.82 Å². The summed E-state index contributed by atoms with van der Waals surface area (Å²) in [6.07, 6.45) is 0. The van der Waals surface area contributed by atoms with Crippen molar-refractivity contribution in [2.75, 3.05) is 24.7 Å². The van der Waals surface area contributed by atoms with Gasteiger partial charge in [0.25, 0.3) is 0 Å². The topological polar surface area (TPSA) is 55.0 Å². The lowest BCUT2D eigenvalue weighted by Gasteiger charge is -2.12. The quantitative estimate of drug-likeness (QED) is 0.828. The second-order valence-electron chi connectivity index (χ2n) is 3.78. The number of aromatic nitrogens is 2. The molecule has 0 aliphatic carbocycles. The lowest BCUT2D eigenvalue weighted by molar-refractivity contribution is 1.05. The summed E-state index contributed by atoms with van der Waals surface area (Å²) in [4.78, 5) is 2.05. The van der Waals surface area contributed by atoms with E-state index in [0.717, 1.165) is 16.9 Å². The van der Waals surface area contributed by atoms with Crippen molar-refractivity contribution >= 4 is 11.5 Å². The molecule has 0 radical (unpaired) electrons. The normalized spacial score (nSPS) is 10.1. The molecule has 16 heavy (non-hydrogen) atoms. The van der Waals surface area contributed by atoms with Gasteiger partial charge in [-0.3, -0.25) is 0 Å². The highest BCUT2D eigenvalue weighted by atomic mass is 15.1. The minimum absolute atomic E-state index is 0.439. The van der Waals surface area contributed by atoms with Crippen LogP contribution in [0.5, 0.6) is 0 Å². The van der Waals surface area contributed by atoms with Gasteiger partial charge >= 0.3 is 0 Å². The first-order valence-electron chi connectivity index (χ1n) is 5.04. The Morgan fingerprint density at radius 3 is 2.12 bits per heavy atom. The predicted molar refractivity (Wildman–Crippen MR) is 66.2 cm³/mol. The highest BCUT2D eigenvalue weighted by Crippen LogP contribution is 2.20. The molecule has 0 amide bonds. The van der Waals surface area contributed by atoms with Gasteiger partial charge in [-0.25, -0.2) is 0 Å². The lowest BCUT2D eigenvalue weighted by atomic mass is 10.1. The van der Waals surface area contributed by atoms with Crippen LogP contribution in [0.2, 0.25) is 0 Å². The van der Waals surface area contributed by atoms with E-state index in [1.54, 1.807) is 6.07 Å². The number of hydrogen-bond donors (Lipinski definition) is 1. The number of rotatable bonds is 2. The van der Waals surface area contributed by atoms with Gasteiger partial charge in [-0.15, -0.1) is 10.2 Å². The summed E-state index contributed by atoms with van der Waals surface area (Å²) >= 11 is 0. The largest absolute Gasteiger partial charge is 0.382 e. The third kappa shape index (κ3) is 2.11. The molecule has 0 saturated heterocycles. The van der Waals surface area contributed by atoms with E-state index in [2.05, 4.69) is 15.1 Å². The number of nitrogens with zero attached hydrogens (tertiary/aromatic N) is 3. The fraction of sp³-hybridized carbons (Fsp3) is 0.167. The van der Waals surface area contributed by atoms with E-state index in [1.165, 1.54) is 0 Å². The molecule has 0 bridgehead atoms. The average Bonchev–Trinajstić information content (AvgIpc) is 2.30. The second kappa shape index (κ2) is 4.18. The molecule has 4 nitrogen and oxygen atoms in total. The van der Waals surface area contributed by atoms with E-state index in [4.69, 9.17) is 5.73 Å². The van der Waals surface area contributed by atoms with Crippen molar-refractivity contribution in [1.29, 1.82) is 0 Å². The van der Waals surface area contributed by atoms with Crippen molar-refractivity contribution in [3.8, 4) is 11.3 Å². The molecule has 2 aromatic rings. The van der Waals surface area contributed by atoms with E-state index in [-0.39, 0.29) is 0 Å². The SMILES string of the molecule is CN(C)c1ccc(-c2ccc(N)nn2)cc1. The Labute approximate surface area is 94.7 Å². The van der Waals surface area contributed by atoms with Gasteiger partial charge in [-0.05, 0) is 24.3 Å². The van der Waals surface area contributed by atoms with Crippen molar-refractivity contribution in [3.05, 3.63) is 36.4 Å². The summed E-state index contributed by atoms with van der Waals surface area (Å²) in [7, 11) is 4.02. The average molecular weight is 214 g/mol. The Bertz CT molecular complexity index is 459. The Kier molecular flexibility index (Phi) is 2.72. The summed E-state index contributed by atoms with van der Waals surface area (Å²) in [5, 5.41) is 7.86. The zero-order valence-electron chi connectivity index (χ0n) is 9.38. The number of nitrogens with two attached hydrogens (primary N) is 1. The number of benzene rings is 1. The summed E-state index contributed by atoms with van der Waals surface area (Å²) in [5.41, 5.74) is 8.52. The molecular formula is C12H14N4. The van der Waals surface area contributed by atoms with Crippen LogP contribution in [0, 0.1) is 0 Å². The van der Waals surface area contributed by atoms with E-state index >= 15 is 0 Å². The Hall–Kier alpha value is -2.10. The molecule has 1 aromatic carbocycles. The van der Waals surface area contributed by atoms with Crippen LogP contribution in [-0.2, 0) is 0 Å². The minimum atomic E-state index is 0.439. The summed E-state index contributed by atoms with van der Waals surface area (Å²) in [6, 6.07) is 11.8. The van der Waals surface area contributed by atoms with Gasteiger partial charge in [0.15, 0.2) is 0 Å². The van der Waals surface area contributed by atoms with Crippen LogP contribution < -0.4 is 10.6 Å². The first-order chi connectivity index (χ1) is 7.66. The van der Waals surface area contributed by atoms with Crippen LogP contribution in [0.4, 0.5) is 11.5 Å². The highest BCUT2D eigenvalue weighted by molar-refractivity contribution is 5.63. The molecule has 2 rings (SSSR count). The zero-order valence-corrected chi connectivity index (χ0v) is 9.38. The predicted octanol–water partition coefficient (Wildman–Crippen LogP) is 1.79. The Morgan fingerprint density at radius 1 is 0.938 bits per heavy atom. The molecule has 0 aliphatic rings. The van der Waals surface area contributed by atoms with E-state index in [1.807, 2.05) is 44.4 Å². The van der Waals surface area contributed by atoms with Gasteiger partial charge in [-0.1, -0.05) is 12.1 Å². The monoisotopic (exact) mass is 214 g/mol. The summed E-state index contributed by atoms with van der Waals surface area (Å²) in [5.74, 6) is 0.439. The van der Waals surface area contributed by atoms with Crippen LogP contribution in [0.25, 0.3) is 11.3 Å². The van der Waals surface area contributed by atoms with Crippen molar-refractivity contribution < 1.29 is 0 Å². The van der Waals surface area contributed by atoms with Gasteiger partial charge < -0.3 is 10.6 Å². The Balaban J connectivity index is 2.31. The molecular weight excluding hydrogens is 200 g/mol. The summed E-state index contributed by atoms with van der Waals surface area (Å²) < 4.78 is 0. The zero-order chi connectivity index (χ0) is 11.5. The van der Waals surface area contributed by atoms with Crippen LogP contribution in [0.3, 0.4) is 0 Å². The first kappa shape index (κ1) is 10.4. The van der Waals surface area contributed by atoms with Crippen LogP contribution >= 0.6 is 0 Å². The molecule has 1 heterocycles. The minimum Gasteiger partial charge on any atom is -0.382 e. The maximum absolute atomic E-state index is 5.49. The molecule has 0 unspecified atom stereocenters. The molecule has 0 aliphatic heterocycles. The maximum Gasteiger partial charge on any atom is 0.146 e. The molecule has 1 aromatic heterocycles. The van der Waals surface area contributed by atoms with E-state index in [0.29, 0.717) is 5.82 Å². The molecule has 2 N–H and O–H groups in total. The smallest absolute Gasteiger partial charge is 0.146 e. The number of nitrogen functional groups attached to an aromatic ring is 1. The fourth-order valence-corrected chi connectivity index (χ4v) is 1.43. The molecule has 82 valence electrons. The van der Waals surface area contributed by atoms with Crippen LogP contribution in [0.15, 0.2) is 36.4 Å². The van der Waals surface area contributed by atoms with Gasteiger partial charge in [0.05, 0.1) is 5.69 Å². The van der Waals surface area contributed by atoms with Crippen LogP contribution in [0.1, 0.15) is 0 Å². The molecule has 0 fully saturated rings. The fourth-order valence-electron chi connectivity index (χ4n) is 1.43. The first-order valence-corrected chi connectivity index (χ1v) is 5.04. The van der Waals surface area contributed by atoms with Crippen LogP contribution in [-0.4, -0.2) is 24.3 Å². The second-order valence-corrected chi connectivity index (χ2v) is 3.78. The third-order valence-electron chi connectivity index (χ3n) is 2.36. The molecule has 0 saturated carbocycles. The van der Waals surface area contributed by atoms with Crippen molar-refractivity contribution in [1.82, 2.24) is 10.2 Å². The number of anilines is 2. The standard InChI is InChI=1S/C12H14N4/c1-16(2)10-5-3-9(4-6-10)11-7-8-12(13)15-14-11/h3-8H,1-2H3,(H2,13,15). The van der Waals surface area contributed by atoms with Gasteiger partial charge in [-0.2, -0.15) is 0 Å². The van der Waals surface area contributed by atoms with Crippen molar-refractivity contribution in [3.63, 3.8) is 0 Å². The Morgan fingerprint density at radius 2 is 1.62 bits per heavy atom. The highest BCUT2D eigenvalue weighted by Gasteiger charge is 2.00. The van der Waals surface area contributed by atoms with Crippen molar-refractivity contribution in [2.24, 2.45) is 0 Å². The van der Waals surface area contributed by atoms with Gasteiger partial charge in [0, 0.05) is 25.3 Å². The van der Waals surface area contributed by atoms with Crippen molar-refractivity contribution in [2.45, 2.75) is 0 Å². The van der Waals surface area contributed by atoms with E-state index < -0.39 is 0 Å². The maximum atomic E-state index is 5.49. The molecule has 0 spiro atoms. The third-order valence-corrected chi connectivity index (χ3v) is 2.36.